The van der Waals surface area contributed by atoms with Crippen molar-refractivity contribution in [1.29, 1.82) is 0 Å². The van der Waals surface area contributed by atoms with Crippen molar-refractivity contribution >= 4 is 34.2 Å². The molecule has 0 unspecified atom stereocenters. The third-order valence-corrected chi connectivity index (χ3v) is 8.63. The van der Waals surface area contributed by atoms with Crippen LogP contribution in [0.5, 0.6) is 11.5 Å². The van der Waals surface area contributed by atoms with E-state index in [9.17, 15) is 4.79 Å². The molecule has 0 aromatic heterocycles. The van der Waals surface area contributed by atoms with Gasteiger partial charge in [-0.2, -0.15) is 0 Å². The van der Waals surface area contributed by atoms with Crippen molar-refractivity contribution in [3.05, 3.63) is 22.2 Å². The summed E-state index contributed by atoms with van der Waals surface area (Å²) in [6.45, 7) is 2.58. The van der Waals surface area contributed by atoms with E-state index in [2.05, 4.69) is 33.4 Å². The smallest absolute Gasteiger partial charge is 0.260 e. The summed E-state index contributed by atoms with van der Waals surface area (Å²) in [5.74, 6) is 4.17. The quantitative estimate of drug-likeness (QED) is 0.521. The standard InChI is InChI=1S/C25H35BrN2O3.ClH/c1-30-22-11-20(15-27-25-12-17-7-18(13-25)9-19(8-17)14-25)10-21(26)24(22)31-16-23(29)28-5-3-2-4-6-28;/h10-11,17-19,27H,2-9,12-16H2,1H3;1H. The first-order valence-corrected chi connectivity index (χ1v) is 12.8. The third-order valence-electron chi connectivity index (χ3n) is 8.04. The molecule has 4 aliphatic carbocycles. The van der Waals surface area contributed by atoms with Gasteiger partial charge in [0, 0.05) is 25.2 Å². The molecule has 4 bridgehead atoms. The van der Waals surface area contributed by atoms with E-state index in [4.69, 9.17) is 9.47 Å². The minimum Gasteiger partial charge on any atom is -0.493 e. The molecule has 0 spiro atoms. The van der Waals surface area contributed by atoms with Gasteiger partial charge in [0.2, 0.25) is 0 Å². The van der Waals surface area contributed by atoms with Crippen LogP contribution in [-0.4, -0.2) is 43.2 Å². The maximum Gasteiger partial charge on any atom is 0.260 e. The van der Waals surface area contributed by atoms with Crippen LogP contribution in [0.1, 0.15) is 63.4 Å². The van der Waals surface area contributed by atoms with E-state index >= 15 is 0 Å². The minimum absolute atomic E-state index is 0. The van der Waals surface area contributed by atoms with Crippen molar-refractivity contribution in [3.63, 3.8) is 0 Å². The molecule has 178 valence electrons. The highest BCUT2D eigenvalue weighted by Crippen LogP contribution is 2.55. The van der Waals surface area contributed by atoms with Gasteiger partial charge in [-0.15, -0.1) is 12.4 Å². The predicted molar refractivity (Wildman–Crippen MR) is 132 cm³/mol. The molecule has 1 aliphatic heterocycles. The monoisotopic (exact) mass is 526 g/mol. The van der Waals surface area contributed by atoms with E-state index in [1.807, 2.05) is 4.90 Å². The van der Waals surface area contributed by atoms with E-state index < -0.39 is 0 Å². The highest BCUT2D eigenvalue weighted by Gasteiger charge is 2.50. The number of rotatable bonds is 7. The summed E-state index contributed by atoms with van der Waals surface area (Å²) in [5.41, 5.74) is 1.53. The number of carbonyl (C=O) groups excluding carboxylic acids is 1. The van der Waals surface area contributed by atoms with Gasteiger partial charge >= 0.3 is 0 Å². The number of hydrogen-bond acceptors (Lipinski definition) is 4. The molecule has 1 aromatic rings. The van der Waals surface area contributed by atoms with Gasteiger partial charge in [0.25, 0.3) is 5.91 Å². The SMILES string of the molecule is COc1cc(CNC23CC4CC(CC(C4)C2)C3)cc(Br)c1OCC(=O)N1CCCCC1.Cl. The normalized spacial score (nSPS) is 30.7. The molecular formula is C25H36BrClN2O3. The summed E-state index contributed by atoms with van der Waals surface area (Å²) in [5, 5.41) is 3.96. The van der Waals surface area contributed by atoms with Crippen LogP contribution < -0.4 is 14.8 Å². The van der Waals surface area contributed by atoms with Crippen molar-refractivity contribution in [2.75, 3.05) is 26.8 Å². The van der Waals surface area contributed by atoms with Crippen LogP contribution in [0.3, 0.4) is 0 Å². The Morgan fingerprint density at radius 3 is 2.31 bits per heavy atom. The average Bonchev–Trinajstić information content (AvgIpc) is 2.76. The lowest BCUT2D eigenvalue weighted by Gasteiger charge is -2.57. The van der Waals surface area contributed by atoms with Crippen molar-refractivity contribution < 1.29 is 14.3 Å². The lowest BCUT2D eigenvalue weighted by molar-refractivity contribution is -0.134. The first-order valence-electron chi connectivity index (χ1n) is 12.1. The highest BCUT2D eigenvalue weighted by molar-refractivity contribution is 9.10. The fourth-order valence-electron chi connectivity index (χ4n) is 7.00. The van der Waals surface area contributed by atoms with Crippen LogP contribution in [0.2, 0.25) is 0 Å². The number of hydrogen-bond donors (Lipinski definition) is 1. The summed E-state index contributed by atoms with van der Waals surface area (Å²) in [7, 11) is 1.66. The largest absolute Gasteiger partial charge is 0.493 e. The van der Waals surface area contributed by atoms with Crippen LogP contribution >= 0.6 is 28.3 Å². The van der Waals surface area contributed by atoms with Gasteiger partial charge in [-0.05, 0) is 109 Å². The molecule has 5 nitrogen and oxygen atoms in total. The molecule has 1 amide bonds. The van der Waals surface area contributed by atoms with Crippen LogP contribution in [-0.2, 0) is 11.3 Å². The molecule has 7 heteroatoms. The van der Waals surface area contributed by atoms with Crippen molar-refractivity contribution in [1.82, 2.24) is 10.2 Å². The molecular weight excluding hydrogens is 492 g/mol. The fraction of sp³-hybridized carbons (Fsp3) is 0.720. The fourth-order valence-corrected chi connectivity index (χ4v) is 7.60. The van der Waals surface area contributed by atoms with E-state index in [1.54, 1.807) is 7.11 Å². The summed E-state index contributed by atoms with van der Waals surface area (Å²) < 4.78 is 12.4. The summed E-state index contributed by atoms with van der Waals surface area (Å²) >= 11 is 3.66. The molecule has 1 saturated heterocycles. The number of likely N-dealkylation sites (tertiary alicyclic amines) is 1. The summed E-state index contributed by atoms with van der Waals surface area (Å²) in [6, 6.07) is 4.16. The van der Waals surface area contributed by atoms with Crippen molar-refractivity contribution in [3.8, 4) is 11.5 Å². The Morgan fingerprint density at radius 2 is 1.72 bits per heavy atom. The maximum absolute atomic E-state index is 12.5. The van der Waals surface area contributed by atoms with E-state index in [0.717, 1.165) is 54.7 Å². The Hall–Kier alpha value is -0.980. The Morgan fingerprint density at radius 1 is 1.09 bits per heavy atom. The van der Waals surface area contributed by atoms with Gasteiger partial charge in [0.15, 0.2) is 18.1 Å². The van der Waals surface area contributed by atoms with Gasteiger partial charge in [-0.25, -0.2) is 0 Å². The molecule has 0 atom stereocenters. The zero-order chi connectivity index (χ0) is 21.4. The lowest BCUT2D eigenvalue weighted by Crippen LogP contribution is -2.58. The number of amides is 1. The van der Waals surface area contributed by atoms with Crippen molar-refractivity contribution in [2.45, 2.75) is 69.9 Å². The van der Waals surface area contributed by atoms with Gasteiger partial charge in [-0.1, -0.05) is 0 Å². The predicted octanol–water partition coefficient (Wildman–Crippen LogP) is 5.33. The third kappa shape index (κ3) is 5.07. The Bertz CT molecular complexity index is 792. The molecule has 1 aromatic carbocycles. The second-order valence-electron chi connectivity index (χ2n) is 10.4. The van der Waals surface area contributed by atoms with Gasteiger partial charge < -0.3 is 19.7 Å². The number of ether oxygens (including phenoxy) is 2. The van der Waals surface area contributed by atoms with Gasteiger partial charge in [-0.3, -0.25) is 4.79 Å². The second-order valence-corrected chi connectivity index (χ2v) is 11.2. The van der Waals surface area contributed by atoms with Gasteiger partial charge in [0.05, 0.1) is 11.6 Å². The molecule has 1 N–H and O–H groups in total. The minimum atomic E-state index is 0. The summed E-state index contributed by atoms with van der Waals surface area (Å²) in [4.78, 5) is 14.4. The second kappa shape index (κ2) is 10.1. The topological polar surface area (TPSA) is 50.8 Å². The molecule has 5 aliphatic rings. The van der Waals surface area contributed by atoms with E-state index in [1.165, 1.54) is 50.5 Å². The molecule has 0 radical (unpaired) electrons. The summed E-state index contributed by atoms with van der Waals surface area (Å²) in [6.07, 6.45) is 11.8. The molecule has 5 fully saturated rings. The molecule has 4 saturated carbocycles. The van der Waals surface area contributed by atoms with Crippen LogP contribution in [0.15, 0.2) is 16.6 Å². The number of benzene rings is 1. The molecule has 32 heavy (non-hydrogen) atoms. The number of nitrogens with one attached hydrogen (secondary N) is 1. The number of halogens is 2. The number of piperidine rings is 1. The lowest BCUT2D eigenvalue weighted by atomic mass is 9.53. The zero-order valence-electron chi connectivity index (χ0n) is 19.0. The number of nitrogens with zero attached hydrogens (tertiary/aromatic N) is 1. The van der Waals surface area contributed by atoms with E-state index in [-0.39, 0.29) is 24.9 Å². The highest BCUT2D eigenvalue weighted by atomic mass is 79.9. The molecule has 6 rings (SSSR count). The van der Waals surface area contributed by atoms with Crippen LogP contribution in [0, 0.1) is 17.8 Å². The number of carbonyl (C=O) groups is 1. The first-order chi connectivity index (χ1) is 15.0. The first kappa shape index (κ1) is 24.2. The van der Waals surface area contributed by atoms with Crippen molar-refractivity contribution in [2.24, 2.45) is 17.8 Å². The maximum atomic E-state index is 12.5. The van der Waals surface area contributed by atoms with Crippen LogP contribution in [0.4, 0.5) is 0 Å². The Labute approximate surface area is 206 Å². The van der Waals surface area contributed by atoms with Crippen LogP contribution in [0.25, 0.3) is 0 Å². The van der Waals surface area contributed by atoms with E-state index in [0.29, 0.717) is 17.0 Å². The average molecular weight is 528 g/mol. The molecule has 1 heterocycles. The zero-order valence-corrected chi connectivity index (χ0v) is 21.4. The number of methoxy groups -OCH3 is 1. The Kier molecular flexibility index (Phi) is 7.63. The van der Waals surface area contributed by atoms with Gasteiger partial charge in [0.1, 0.15) is 0 Å². The Balaban J connectivity index is 0.00000245.